The number of aliphatic hydroxyl groups is 8. The molecule has 2 aromatic rings. The van der Waals surface area contributed by atoms with Gasteiger partial charge in [0.1, 0.15) is 0 Å². The number of amides is 6. The van der Waals surface area contributed by atoms with Gasteiger partial charge < -0.3 is 71.9 Å². The van der Waals surface area contributed by atoms with Gasteiger partial charge in [0.05, 0.1) is 124 Å². The molecular formula is C36H46I6N6O14. The highest BCUT2D eigenvalue weighted by Crippen LogP contribution is 2.40. The number of halogens is 6. The fraction of sp³-hybridized carbons (Fsp3) is 0.500. The van der Waals surface area contributed by atoms with E-state index in [-0.39, 0.29) is 68.1 Å². The maximum Gasteiger partial charge on any atom is 0.253 e. The number of carbonyl (C=O) groups excluding carboxylic acids is 6. The minimum absolute atomic E-state index is 0.0420. The third-order valence-corrected chi connectivity index (χ3v) is 15.0. The van der Waals surface area contributed by atoms with E-state index in [4.69, 9.17) is 0 Å². The Balaban J connectivity index is 2.70. The van der Waals surface area contributed by atoms with Gasteiger partial charge in [0, 0.05) is 40.5 Å². The van der Waals surface area contributed by atoms with Crippen LogP contribution in [0.25, 0.3) is 0 Å². The molecule has 0 aromatic heterocycles. The van der Waals surface area contributed by atoms with Crippen molar-refractivity contribution in [3.63, 3.8) is 0 Å². The number of hydrogen-bond donors (Lipinski definition) is 12. The molecule has 26 heteroatoms. The molecule has 0 heterocycles. The van der Waals surface area contributed by atoms with Crippen molar-refractivity contribution < 1.29 is 69.6 Å². The maximum absolute atomic E-state index is 13.6. The third kappa shape index (κ3) is 14.9. The van der Waals surface area contributed by atoms with Gasteiger partial charge in [-0.1, -0.05) is 0 Å². The largest absolute Gasteiger partial charge is 0.395 e. The van der Waals surface area contributed by atoms with E-state index >= 15 is 0 Å². The van der Waals surface area contributed by atoms with E-state index in [0.29, 0.717) is 0 Å². The van der Waals surface area contributed by atoms with Crippen molar-refractivity contribution in [3.8, 4) is 0 Å². The van der Waals surface area contributed by atoms with Gasteiger partial charge in [0.25, 0.3) is 23.6 Å². The molecule has 0 aliphatic heterocycles. The zero-order valence-corrected chi connectivity index (χ0v) is 46.1. The average Bonchev–Trinajstić information content (AvgIpc) is 3.19. The monoisotopic (exact) mass is 1550 g/mol. The second-order valence-corrected chi connectivity index (χ2v) is 20.0. The van der Waals surface area contributed by atoms with Gasteiger partial charge in [-0.25, -0.2) is 0 Å². The first kappa shape index (κ1) is 57.4. The van der Waals surface area contributed by atoms with Gasteiger partial charge in [-0.15, -0.1) is 0 Å². The van der Waals surface area contributed by atoms with Crippen molar-refractivity contribution in [2.24, 2.45) is 0 Å². The van der Waals surface area contributed by atoms with Crippen molar-refractivity contribution in [1.29, 1.82) is 0 Å². The molecule has 0 saturated heterocycles. The number of benzene rings is 2. The van der Waals surface area contributed by atoms with Crippen LogP contribution in [0, 0.1) is 21.4 Å². The summed E-state index contributed by atoms with van der Waals surface area (Å²) in [7, 11) is 0. The molecule has 0 bridgehead atoms. The topological polar surface area (TPSA) is 319 Å². The highest BCUT2D eigenvalue weighted by atomic mass is 127. The van der Waals surface area contributed by atoms with Crippen molar-refractivity contribution in [2.75, 3.05) is 69.0 Å². The van der Waals surface area contributed by atoms with Crippen molar-refractivity contribution in [2.45, 2.75) is 57.6 Å². The molecule has 62 heavy (non-hydrogen) atoms. The van der Waals surface area contributed by atoms with Crippen molar-refractivity contribution >= 4 is 182 Å². The zero-order valence-electron chi connectivity index (χ0n) is 33.1. The van der Waals surface area contributed by atoms with E-state index in [0.717, 1.165) is 9.80 Å². The van der Waals surface area contributed by atoms with Gasteiger partial charge in [0.15, 0.2) is 0 Å². The molecule has 3 atom stereocenters. The lowest BCUT2D eigenvalue weighted by molar-refractivity contribution is -0.117. The summed E-state index contributed by atoms with van der Waals surface area (Å²) in [6.07, 6.45) is -4.43. The van der Waals surface area contributed by atoms with Crippen LogP contribution in [0.2, 0.25) is 0 Å². The Labute approximate surface area is 438 Å². The Morgan fingerprint density at radius 1 is 0.532 bits per heavy atom. The van der Waals surface area contributed by atoms with E-state index in [9.17, 15) is 69.6 Å². The number of hydrogen-bond acceptors (Lipinski definition) is 14. The molecule has 2 aromatic carbocycles. The fourth-order valence-corrected chi connectivity index (χ4v) is 15.1. The highest BCUT2D eigenvalue weighted by molar-refractivity contribution is 14.1. The molecule has 12 N–H and O–H groups in total. The number of anilines is 2. The fourth-order valence-electron chi connectivity index (χ4n) is 5.61. The first-order valence-corrected chi connectivity index (χ1v) is 24.7. The summed E-state index contributed by atoms with van der Waals surface area (Å²) in [6.45, 7) is -0.343. The molecule has 0 spiro atoms. The predicted molar refractivity (Wildman–Crippen MR) is 276 cm³/mol. The lowest BCUT2D eigenvalue weighted by Crippen LogP contribution is -2.44. The van der Waals surface area contributed by atoms with Crippen molar-refractivity contribution in [1.82, 2.24) is 21.3 Å². The van der Waals surface area contributed by atoms with Gasteiger partial charge >= 0.3 is 0 Å². The van der Waals surface area contributed by atoms with Crippen LogP contribution in [0.15, 0.2) is 0 Å². The van der Waals surface area contributed by atoms with Gasteiger partial charge in [-0.05, 0) is 142 Å². The summed E-state index contributed by atoms with van der Waals surface area (Å²) in [6, 6.07) is -2.13. The van der Waals surface area contributed by atoms with Crippen LogP contribution in [0.1, 0.15) is 68.6 Å². The maximum atomic E-state index is 13.6. The van der Waals surface area contributed by atoms with Crippen LogP contribution in [0.5, 0.6) is 0 Å². The third-order valence-electron chi connectivity index (χ3n) is 8.63. The first-order valence-electron chi connectivity index (χ1n) is 18.3. The number of nitrogens with one attached hydrogen (secondary N) is 4. The minimum atomic E-state index is -1.52. The second kappa shape index (κ2) is 27.2. The smallest absolute Gasteiger partial charge is 0.253 e. The van der Waals surface area contributed by atoms with Crippen LogP contribution in [-0.2, 0) is 9.59 Å². The lowest BCUT2D eigenvalue weighted by Gasteiger charge is -2.31. The number of carbonyl (C=O) groups is 6. The van der Waals surface area contributed by atoms with Crippen LogP contribution in [0.4, 0.5) is 11.4 Å². The van der Waals surface area contributed by atoms with Crippen molar-refractivity contribution in [3.05, 3.63) is 43.7 Å². The molecule has 0 saturated carbocycles. The van der Waals surface area contributed by atoms with Crippen LogP contribution < -0.4 is 31.1 Å². The number of rotatable bonds is 22. The summed E-state index contributed by atoms with van der Waals surface area (Å²) in [5, 5.41) is 90.7. The van der Waals surface area contributed by atoms with E-state index in [1.54, 1.807) is 67.8 Å². The Morgan fingerprint density at radius 3 is 1.15 bits per heavy atom. The Hall–Kier alpha value is -0.680. The molecule has 6 amide bonds. The summed E-state index contributed by atoms with van der Waals surface area (Å²) < 4.78 is 0.997. The summed E-state index contributed by atoms with van der Waals surface area (Å²) in [5.74, 6) is -4.28. The van der Waals surface area contributed by atoms with E-state index < -0.39 is 118 Å². The Kier molecular flexibility index (Phi) is 25.2. The molecular weight excluding hydrogens is 1500 g/mol. The summed E-state index contributed by atoms with van der Waals surface area (Å²) in [5.41, 5.74) is -0.174. The molecule has 0 aliphatic carbocycles. The number of nitrogens with zero attached hydrogens (tertiary/aromatic N) is 2. The molecule has 2 rings (SSSR count). The molecule has 0 radical (unpaired) electrons. The van der Waals surface area contributed by atoms with Gasteiger partial charge in [-0.3, -0.25) is 28.8 Å². The molecule has 20 nitrogen and oxygen atoms in total. The van der Waals surface area contributed by atoms with Gasteiger partial charge in [-0.2, -0.15) is 0 Å². The Bertz CT molecular complexity index is 1990. The SMILES string of the molecule is CC(=O)N(CC(O)CC(O)CN(C(C)=O)c1c(I)c(C(=O)NCC(C)O)c(I)c(C(=O)NC(CO)CO)c1I)c1c(I)c(C(=O)NCCO)c(I)c(C(=O)NC(CO)CO)c1I. The minimum Gasteiger partial charge on any atom is -0.395 e. The van der Waals surface area contributed by atoms with E-state index in [1.807, 2.05) is 67.8 Å². The highest BCUT2D eigenvalue weighted by Gasteiger charge is 2.35. The first-order chi connectivity index (χ1) is 29.0. The second-order valence-electron chi connectivity index (χ2n) is 13.5. The lowest BCUT2D eigenvalue weighted by atomic mass is 10.0. The quantitative estimate of drug-likeness (QED) is 0.0682. The summed E-state index contributed by atoms with van der Waals surface area (Å²) in [4.78, 5) is 83.2. The normalized spacial score (nSPS) is 12.8. The molecule has 0 aliphatic rings. The predicted octanol–water partition coefficient (Wildman–Crippen LogP) is -0.169. The van der Waals surface area contributed by atoms with Crippen LogP contribution in [0.3, 0.4) is 0 Å². The van der Waals surface area contributed by atoms with Crippen LogP contribution >= 0.6 is 136 Å². The van der Waals surface area contributed by atoms with E-state index in [1.165, 1.54) is 20.8 Å². The van der Waals surface area contributed by atoms with Crippen LogP contribution in [-0.4, -0.2) is 166 Å². The molecule has 3 unspecified atom stereocenters. The van der Waals surface area contributed by atoms with E-state index in [2.05, 4.69) is 21.3 Å². The number of aliphatic hydroxyl groups excluding tert-OH is 8. The summed E-state index contributed by atoms with van der Waals surface area (Å²) >= 11 is 10.8. The Morgan fingerprint density at radius 2 is 0.855 bits per heavy atom. The molecule has 346 valence electrons. The average molecular weight is 1550 g/mol. The zero-order chi connectivity index (χ0) is 47.3. The van der Waals surface area contributed by atoms with Gasteiger partial charge in [0.2, 0.25) is 11.8 Å². The molecule has 0 fully saturated rings. The standard InChI is InChI=1S/C36H46I6N6O14/c1-14(54)7-44-34(60)22-26(38)24(36(62)46-18(12-52)13-53)30(42)32(28(22)40)48(16(3)56)9-20(58)6-19(57)8-47(15(2)55)31-27(39)21(33(59)43-4-5-49)25(37)23(29(31)41)35(61)45-17(10-50)11-51/h14,17-20,49-54,57-58H,4-13H2,1-3H3,(H,43,59)(H,44,60)(H,45,61)(H,46,62).